The van der Waals surface area contributed by atoms with Gasteiger partial charge < -0.3 is 50.9 Å². The van der Waals surface area contributed by atoms with E-state index in [1.54, 1.807) is 6.92 Å². The van der Waals surface area contributed by atoms with Gasteiger partial charge in [0.15, 0.2) is 23.6 Å². The molecule has 0 saturated carbocycles. The standard InChI is InChI=1S/C24H40N7O17P3S/c1-4-15(33)52-8-7-26-14(32)5-6-27-22(36)19(35)24(2,3)10-45-51(42,43)48-50(40,41)44-9-13-18(47-49(37,38)39)17(34)23(46-13)31-12-30-16-20(25)28-11-29-21(16)31/h11-13,17-19,23,34-35H,4-10H2,1-3H3,(H8,25,26,27,28,29,32,36,37,38,39,40,41,42,43)/p+1/t13-,17+,18+,19-,23+/m1/s1. The van der Waals surface area contributed by atoms with Gasteiger partial charge in [0.1, 0.15) is 24.4 Å². The highest BCUT2D eigenvalue weighted by atomic mass is 32.2. The topological polar surface area (TPSA) is 365 Å². The van der Waals surface area contributed by atoms with E-state index in [1.165, 1.54) is 24.7 Å². The number of aromatic nitrogens is 4. The molecule has 294 valence electrons. The lowest BCUT2D eigenvalue weighted by Crippen LogP contribution is -2.46. The highest BCUT2D eigenvalue weighted by Gasteiger charge is 2.52. The van der Waals surface area contributed by atoms with Gasteiger partial charge in [0.2, 0.25) is 23.6 Å². The number of carbonyl (C=O) groups is 3. The van der Waals surface area contributed by atoms with Crippen LogP contribution in [0.15, 0.2) is 12.7 Å². The molecule has 2 aromatic rings. The van der Waals surface area contributed by atoms with Crippen molar-refractivity contribution >= 4 is 69.1 Å². The molecule has 0 spiro atoms. The molecule has 1 saturated heterocycles. The Balaban J connectivity index is 1.54. The van der Waals surface area contributed by atoms with Crippen LogP contribution < -0.4 is 20.9 Å². The molecule has 24 nitrogen and oxygen atoms in total. The minimum atomic E-state index is -5.55. The molecule has 3 heterocycles. The third-order valence-corrected chi connectivity index (χ3v) is 11.2. The van der Waals surface area contributed by atoms with Gasteiger partial charge in [-0.2, -0.15) is 9.29 Å². The van der Waals surface area contributed by atoms with Crippen LogP contribution in [0.4, 0.5) is 5.82 Å². The summed E-state index contributed by atoms with van der Waals surface area (Å²) >= 11 is 1.07. The number of fused-ring (bicyclic) bond motifs is 1. The van der Waals surface area contributed by atoms with Gasteiger partial charge in [-0.05, 0) is 0 Å². The molecule has 11 N–H and O–H groups in total. The average molecular weight is 825 g/mol. The van der Waals surface area contributed by atoms with Gasteiger partial charge in [-0.3, -0.25) is 32.9 Å². The number of hydrogen-bond donors (Lipinski definition) is 10. The highest BCUT2D eigenvalue weighted by Crippen LogP contribution is 2.61. The monoisotopic (exact) mass is 824 g/mol. The van der Waals surface area contributed by atoms with Crippen molar-refractivity contribution in [1.82, 2.24) is 25.6 Å². The molecule has 1 fully saturated rings. The number of nitrogen functional groups attached to an aromatic ring is 1. The number of anilines is 1. The number of aromatic amines is 1. The minimum absolute atomic E-state index is 0.0140. The van der Waals surface area contributed by atoms with E-state index < -0.39 is 84.6 Å². The van der Waals surface area contributed by atoms with Crippen LogP contribution in [0, 0.1) is 5.41 Å². The summed E-state index contributed by atoms with van der Waals surface area (Å²) in [5, 5.41) is 26.2. The van der Waals surface area contributed by atoms with E-state index in [9.17, 15) is 57.9 Å². The predicted molar refractivity (Wildman–Crippen MR) is 176 cm³/mol. The maximum absolute atomic E-state index is 12.6. The number of imidazole rings is 1. The van der Waals surface area contributed by atoms with Crippen molar-refractivity contribution in [2.75, 3.05) is 37.8 Å². The highest BCUT2D eigenvalue weighted by molar-refractivity contribution is 8.13. The summed E-state index contributed by atoms with van der Waals surface area (Å²) in [5.41, 5.74) is 4.48. The van der Waals surface area contributed by atoms with Crippen LogP contribution in [0.1, 0.15) is 39.8 Å². The number of H-pyrrole nitrogens is 1. The fourth-order valence-electron chi connectivity index (χ4n) is 4.45. The molecule has 1 aliphatic rings. The number of carbonyl (C=O) groups excluding carboxylic acids is 3. The second-order valence-electron chi connectivity index (χ2n) is 11.7. The number of nitrogens with zero attached hydrogens (tertiary/aromatic N) is 3. The van der Waals surface area contributed by atoms with E-state index in [1.807, 2.05) is 0 Å². The number of aliphatic hydroxyl groups is 2. The normalized spacial score (nSPS) is 22.4. The van der Waals surface area contributed by atoms with Crippen LogP contribution in [-0.2, 0) is 50.7 Å². The summed E-state index contributed by atoms with van der Waals surface area (Å²) in [6, 6.07) is 0. The predicted octanol–water partition coefficient (Wildman–Crippen LogP) is -1.51. The van der Waals surface area contributed by atoms with Crippen LogP contribution in [-0.4, -0.2) is 118 Å². The van der Waals surface area contributed by atoms with E-state index in [2.05, 4.69) is 34.4 Å². The summed E-state index contributed by atoms with van der Waals surface area (Å²) in [4.78, 5) is 85.3. The first-order chi connectivity index (χ1) is 24.1. The molecule has 52 heavy (non-hydrogen) atoms. The number of thioether (sulfide) groups is 1. The molecule has 0 bridgehead atoms. The lowest BCUT2D eigenvalue weighted by atomic mass is 9.87. The number of phosphoric acid groups is 3. The first-order valence-electron chi connectivity index (χ1n) is 15.2. The third-order valence-electron chi connectivity index (χ3n) is 7.12. The molecule has 0 aromatic carbocycles. The maximum atomic E-state index is 12.6. The fourth-order valence-corrected chi connectivity index (χ4v) is 7.92. The molecular weight excluding hydrogens is 783 g/mol. The number of hydrogen-bond acceptors (Lipinski definition) is 17. The maximum Gasteiger partial charge on any atom is 0.481 e. The number of amides is 2. The number of nitrogens with one attached hydrogen (secondary N) is 3. The summed E-state index contributed by atoms with van der Waals surface area (Å²) in [5.74, 6) is -1.01. The zero-order valence-corrected chi connectivity index (χ0v) is 31.3. The van der Waals surface area contributed by atoms with Gasteiger partial charge in [-0.25, -0.2) is 18.3 Å². The largest absolute Gasteiger partial charge is 0.481 e. The van der Waals surface area contributed by atoms with E-state index in [0.717, 1.165) is 18.1 Å². The third kappa shape index (κ3) is 12.9. The van der Waals surface area contributed by atoms with Crippen molar-refractivity contribution in [3.63, 3.8) is 0 Å². The zero-order chi connectivity index (χ0) is 39.1. The van der Waals surface area contributed by atoms with Crippen molar-refractivity contribution in [1.29, 1.82) is 0 Å². The second kappa shape index (κ2) is 18.3. The van der Waals surface area contributed by atoms with Gasteiger partial charge in [0.25, 0.3) is 0 Å². The Morgan fingerprint density at radius 1 is 1.12 bits per heavy atom. The van der Waals surface area contributed by atoms with Crippen LogP contribution in [0.3, 0.4) is 0 Å². The Kier molecular flexibility index (Phi) is 15.4. The molecule has 28 heteroatoms. The Labute approximate surface area is 299 Å². The number of nitrogens with two attached hydrogens (primary N) is 1. The summed E-state index contributed by atoms with van der Waals surface area (Å²) in [6.45, 7) is 2.26. The van der Waals surface area contributed by atoms with Crippen molar-refractivity contribution in [2.45, 2.75) is 64.3 Å². The average Bonchev–Trinajstić information content (AvgIpc) is 3.60. The summed E-state index contributed by atoms with van der Waals surface area (Å²) in [7, 11) is -16.3. The second-order valence-corrected chi connectivity index (χ2v) is 17.1. The molecule has 2 unspecified atom stereocenters. The number of rotatable bonds is 20. The molecule has 2 aromatic heterocycles. The Morgan fingerprint density at radius 2 is 1.79 bits per heavy atom. The van der Waals surface area contributed by atoms with Crippen LogP contribution >= 0.6 is 35.2 Å². The van der Waals surface area contributed by atoms with Crippen LogP contribution in [0.25, 0.3) is 11.2 Å². The van der Waals surface area contributed by atoms with Crippen molar-refractivity contribution < 1.29 is 85.1 Å². The lowest BCUT2D eigenvalue weighted by Gasteiger charge is -2.30. The van der Waals surface area contributed by atoms with E-state index in [0.29, 0.717) is 12.2 Å². The molecule has 7 atom stereocenters. The SMILES string of the molecule is CCC(=O)SCCNC(=O)CCNC(=O)[C@@H](O)C(C)(C)COP(=O)(O)OP(=O)(O)OC[C@H]1O[C@H]([n+]2c[nH]c3c(N)ncnc32)[C@@H](O)[C@H]1OP(=O)(O)O. The van der Waals surface area contributed by atoms with Crippen molar-refractivity contribution in [3.8, 4) is 0 Å². The van der Waals surface area contributed by atoms with Gasteiger partial charge in [0.05, 0.1) is 13.2 Å². The fraction of sp³-hybridized carbons (Fsp3) is 0.667. The molecule has 3 rings (SSSR count). The lowest BCUT2D eigenvalue weighted by molar-refractivity contribution is -0.745. The molecular formula is C24H41N7O17P3S+. The van der Waals surface area contributed by atoms with Gasteiger partial charge in [0, 0.05) is 37.1 Å². The number of aliphatic hydroxyl groups excluding tert-OH is 2. The minimum Gasteiger partial charge on any atom is -0.384 e. The van der Waals surface area contributed by atoms with Gasteiger partial charge in [-0.15, -0.1) is 0 Å². The molecule has 2 amide bonds. The zero-order valence-electron chi connectivity index (χ0n) is 27.8. The first kappa shape index (κ1) is 44.0. The quantitative estimate of drug-likeness (QED) is 0.0412. The smallest absolute Gasteiger partial charge is 0.384 e. The van der Waals surface area contributed by atoms with E-state index in [4.69, 9.17) is 19.5 Å². The Bertz CT molecular complexity index is 1730. The number of phosphoric ester groups is 3. The Hall–Kier alpha value is -2.44. The van der Waals surface area contributed by atoms with Gasteiger partial charge in [-0.1, -0.05) is 37.5 Å². The van der Waals surface area contributed by atoms with E-state index >= 15 is 0 Å². The van der Waals surface area contributed by atoms with Crippen molar-refractivity contribution in [3.05, 3.63) is 12.7 Å². The first-order valence-corrected chi connectivity index (χ1v) is 20.7. The summed E-state index contributed by atoms with van der Waals surface area (Å²) in [6.07, 6.45) is -6.29. The van der Waals surface area contributed by atoms with E-state index in [-0.39, 0.29) is 41.6 Å². The number of ether oxygens (including phenoxy) is 1. The molecule has 0 aliphatic carbocycles. The molecule has 1 aliphatic heterocycles. The van der Waals surface area contributed by atoms with Gasteiger partial charge >= 0.3 is 29.1 Å². The molecule has 0 radical (unpaired) electrons. The van der Waals surface area contributed by atoms with Crippen molar-refractivity contribution in [2.24, 2.45) is 5.41 Å². The Morgan fingerprint density at radius 3 is 2.44 bits per heavy atom. The summed E-state index contributed by atoms with van der Waals surface area (Å²) < 4.78 is 62.0. The van der Waals surface area contributed by atoms with Crippen LogP contribution in [0.2, 0.25) is 0 Å². The van der Waals surface area contributed by atoms with Crippen LogP contribution in [0.5, 0.6) is 0 Å².